The number of non-ortho nitro benzene ring substituents is 1. The predicted octanol–water partition coefficient (Wildman–Crippen LogP) is 5.53. The molecule has 0 unspecified atom stereocenters. The topological polar surface area (TPSA) is 93.0 Å². The number of hydrogen-bond donors (Lipinski definition) is 0. The van der Waals surface area contributed by atoms with Crippen LogP contribution in [0.2, 0.25) is 0 Å². The number of nitrogens with zero attached hydrogens (tertiary/aromatic N) is 3. The number of nitriles is 1. The van der Waals surface area contributed by atoms with E-state index in [1.807, 2.05) is 24.3 Å². The first-order valence-corrected chi connectivity index (χ1v) is 8.78. The molecule has 0 bridgehead atoms. The number of para-hydroxylation sites is 1. The molecule has 0 aliphatic heterocycles. The number of allylic oxidation sites excluding steroid dienone is 1. The molecular weight excluding hydrogens is 362 g/mol. The average Bonchev–Trinajstić information content (AvgIpc) is 3.33. The highest BCUT2D eigenvalue weighted by Gasteiger charge is 2.11. The molecule has 0 saturated carbocycles. The molecule has 0 aliphatic carbocycles. The van der Waals surface area contributed by atoms with Gasteiger partial charge in [0.25, 0.3) is 5.69 Å². The zero-order chi connectivity index (χ0) is 18.8. The van der Waals surface area contributed by atoms with Crippen molar-refractivity contribution < 1.29 is 9.34 Å². The fourth-order valence-corrected chi connectivity index (χ4v) is 3.54. The molecule has 130 valence electrons. The second-order valence-corrected chi connectivity index (χ2v) is 6.69. The Hall–Kier alpha value is -3.76. The number of fused-ring (bicyclic) bond motifs is 1. The highest BCUT2D eigenvalue weighted by molar-refractivity contribution is 7.19. The number of thiazole rings is 1. The smallest absolute Gasteiger partial charge is 0.269 e. The maximum Gasteiger partial charge on any atom is 0.269 e. The maximum atomic E-state index is 10.7. The van der Waals surface area contributed by atoms with Crippen LogP contribution in [-0.4, -0.2) is 9.91 Å². The summed E-state index contributed by atoms with van der Waals surface area (Å²) >= 11 is 1.45. The predicted molar refractivity (Wildman–Crippen MR) is 104 cm³/mol. The van der Waals surface area contributed by atoms with E-state index in [4.69, 9.17) is 4.42 Å². The lowest BCUT2D eigenvalue weighted by Crippen LogP contribution is -1.86. The Morgan fingerprint density at radius 1 is 1.15 bits per heavy atom. The molecule has 2 aromatic carbocycles. The van der Waals surface area contributed by atoms with Gasteiger partial charge in [-0.3, -0.25) is 10.1 Å². The highest BCUT2D eigenvalue weighted by Crippen LogP contribution is 2.30. The van der Waals surface area contributed by atoms with E-state index in [0.29, 0.717) is 22.1 Å². The van der Waals surface area contributed by atoms with Crippen molar-refractivity contribution >= 4 is 38.9 Å². The summed E-state index contributed by atoms with van der Waals surface area (Å²) in [6.45, 7) is 0. The third kappa shape index (κ3) is 3.34. The molecule has 2 heterocycles. The van der Waals surface area contributed by atoms with E-state index < -0.39 is 4.92 Å². The van der Waals surface area contributed by atoms with Gasteiger partial charge in [0.05, 0.1) is 20.7 Å². The summed E-state index contributed by atoms with van der Waals surface area (Å²) in [5.74, 6) is 1.08. The maximum absolute atomic E-state index is 10.7. The van der Waals surface area contributed by atoms with Gasteiger partial charge in [-0.2, -0.15) is 5.26 Å². The number of benzene rings is 2. The zero-order valence-corrected chi connectivity index (χ0v) is 14.6. The van der Waals surface area contributed by atoms with Crippen LogP contribution < -0.4 is 0 Å². The number of nitro groups is 1. The van der Waals surface area contributed by atoms with Crippen LogP contribution in [0.15, 0.2) is 65.1 Å². The minimum atomic E-state index is -0.447. The summed E-state index contributed by atoms with van der Waals surface area (Å²) in [5, 5.41) is 20.9. The lowest BCUT2D eigenvalue weighted by Gasteiger charge is -1.96. The Balaban J connectivity index is 1.65. The molecule has 0 atom stereocenters. The molecule has 0 aliphatic rings. The van der Waals surface area contributed by atoms with Gasteiger partial charge in [0, 0.05) is 23.8 Å². The molecular formula is C20H11N3O3S. The third-order valence-corrected chi connectivity index (χ3v) is 4.99. The molecule has 6 nitrogen and oxygen atoms in total. The first-order valence-electron chi connectivity index (χ1n) is 7.96. The van der Waals surface area contributed by atoms with Gasteiger partial charge in [0.15, 0.2) is 0 Å². The quantitative estimate of drug-likeness (QED) is 0.266. The standard InChI is InChI=1S/C20H11N3O3S/c21-12-14(20-22-17-3-1-2-4-19(17)27-20)11-16-9-10-18(26-16)13-5-7-15(8-6-13)23(24)25/h1-11H/b14-11+. The summed E-state index contributed by atoms with van der Waals surface area (Å²) in [7, 11) is 0. The van der Waals surface area contributed by atoms with Gasteiger partial charge in [0.1, 0.15) is 22.6 Å². The van der Waals surface area contributed by atoms with E-state index in [-0.39, 0.29) is 5.69 Å². The molecule has 4 rings (SSSR count). The van der Waals surface area contributed by atoms with Crippen LogP contribution in [0.4, 0.5) is 5.69 Å². The highest BCUT2D eigenvalue weighted by atomic mass is 32.1. The molecule has 4 aromatic rings. The first kappa shape index (κ1) is 16.7. The van der Waals surface area contributed by atoms with E-state index in [2.05, 4.69) is 11.1 Å². The number of aromatic nitrogens is 1. The van der Waals surface area contributed by atoms with Crippen LogP contribution in [0, 0.1) is 21.4 Å². The van der Waals surface area contributed by atoms with Gasteiger partial charge in [-0.05, 0) is 36.4 Å². The van der Waals surface area contributed by atoms with Gasteiger partial charge in [-0.1, -0.05) is 12.1 Å². The third-order valence-electron chi connectivity index (χ3n) is 3.92. The van der Waals surface area contributed by atoms with Gasteiger partial charge >= 0.3 is 0 Å². The molecule has 27 heavy (non-hydrogen) atoms. The molecule has 0 amide bonds. The van der Waals surface area contributed by atoms with E-state index in [9.17, 15) is 15.4 Å². The van der Waals surface area contributed by atoms with E-state index in [0.717, 1.165) is 15.8 Å². The summed E-state index contributed by atoms with van der Waals surface area (Å²) in [6.07, 6.45) is 1.65. The van der Waals surface area contributed by atoms with Crippen molar-refractivity contribution in [3.63, 3.8) is 0 Å². The van der Waals surface area contributed by atoms with Crippen molar-refractivity contribution in [2.45, 2.75) is 0 Å². The zero-order valence-electron chi connectivity index (χ0n) is 13.8. The number of furan rings is 1. The van der Waals surface area contributed by atoms with Crippen molar-refractivity contribution in [1.29, 1.82) is 5.26 Å². The minimum Gasteiger partial charge on any atom is -0.457 e. The lowest BCUT2D eigenvalue weighted by molar-refractivity contribution is -0.384. The molecule has 2 aromatic heterocycles. The molecule has 0 radical (unpaired) electrons. The normalized spacial score (nSPS) is 11.4. The minimum absolute atomic E-state index is 0.0213. The SMILES string of the molecule is N#C/C(=C\c1ccc(-c2ccc([N+](=O)[O-])cc2)o1)c1nc2ccccc2s1. The van der Waals surface area contributed by atoms with Gasteiger partial charge in [0.2, 0.25) is 0 Å². The Morgan fingerprint density at radius 2 is 1.93 bits per heavy atom. The fraction of sp³-hybridized carbons (Fsp3) is 0. The molecule has 0 saturated heterocycles. The van der Waals surface area contributed by atoms with E-state index in [1.54, 1.807) is 30.3 Å². The summed E-state index contributed by atoms with van der Waals surface area (Å²) in [5.41, 5.74) is 2.01. The van der Waals surface area contributed by atoms with Crippen LogP contribution in [0.1, 0.15) is 10.8 Å². The number of rotatable bonds is 4. The van der Waals surface area contributed by atoms with E-state index >= 15 is 0 Å². The number of nitro benzene ring substituents is 1. The second-order valence-electron chi connectivity index (χ2n) is 5.66. The molecule has 0 N–H and O–H groups in total. The lowest BCUT2D eigenvalue weighted by atomic mass is 10.1. The largest absolute Gasteiger partial charge is 0.457 e. The van der Waals surface area contributed by atoms with Crippen LogP contribution >= 0.6 is 11.3 Å². The van der Waals surface area contributed by atoms with Gasteiger partial charge in [-0.15, -0.1) is 11.3 Å². The first-order chi connectivity index (χ1) is 13.1. The monoisotopic (exact) mass is 373 g/mol. The second kappa shape index (κ2) is 6.86. The molecule has 7 heteroatoms. The van der Waals surface area contributed by atoms with Gasteiger partial charge in [-0.25, -0.2) is 4.98 Å². The van der Waals surface area contributed by atoms with Crippen molar-refractivity contribution in [1.82, 2.24) is 4.98 Å². The van der Waals surface area contributed by atoms with Gasteiger partial charge < -0.3 is 4.42 Å². The van der Waals surface area contributed by atoms with Crippen molar-refractivity contribution in [3.8, 4) is 17.4 Å². The van der Waals surface area contributed by atoms with E-state index in [1.165, 1.54) is 23.5 Å². The Labute approximate surface area is 157 Å². The van der Waals surface area contributed by atoms with Crippen LogP contribution in [0.25, 0.3) is 33.2 Å². The van der Waals surface area contributed by atoms with Crippen LogP contribution in [0.5, 0.6) is 0 Å². The van der Waals surface area contributed by atoms with Crippen molar-refractivity contribution in [3.05, 3.63) is 81.5 Å². The fourth-order valence-electron chi connectivity index (χ4n) is 2.60. The van der Waals surface area contributed by atoms with Crippen LogP contribution in [0.3, 0.4) is 0 Å². The Kier molecular flexibility index (Phi) is 4.24. The average molecular weight is 373 g/mol. The number of hydrogen-bond acceptors (Lipinski definition) is 6. The van der Waals surface area contributed by atoms with Crippen molar-refractivity contribution in [2.24, 2.45) is 0 Å². The Bertz CT molecular complexity index is 1180. The Morgan fingerprint density at radius 3 is 2.63 bits per heavy atom. The summed E-state index contributed by atoms with van der Waals surface area (Å²) < 4.78 is 6.79. The summed E-state index contributed by atoms with van der Waals surface area (Å²) in [6, 6.07) is 19.5. The van der Waals surface area contributed by atoms with Crippen LogP contribution in [-0.2, 0) is 0 Å². The summed E-state index contributed by atoms with van der Waals surface area (Å²) in [4.78, 5) is 14.8. The molecule has 0 spiro atoms. The van der Waals surface area contributed by atoms with Crippen molar-refractivity contribution in [2.75, 3.05) is 0 Å². The molecule has 0 fully saturated rings.